The fraction of sp³-hybridized carbons (Fsp3) is 0.200. The fourth-order valence-corrected chi connectivity index (χ4v) is 2.41. The first-order valence-corrected chi connectivity index (χ1v) is 6.27. The highest BCUT2D eigenvalue weighted by molar-refractivity contribution is 9.11. The number of aromatic nitrogens is 2. The van der Waals surface area contributed by atoms with E-state index in [4.69, 9.17) is 0 Å². The molecule has 1 heterocycles. The van der Waals surface area contributed by atoms with Crippen molar-refractivity contribution in [3.05, 3.63) is 15.4 Å². The van der Waals surface area contributed by atoms with Gasteiger partial charge in [-0.15, -0.1) is 0 Å². The zero-order valence-electron chi connectivity index (χ0n) is 5.95. The highest BCUT2D eigenvalue weighted by Crippen LogP contribution is 2.15. The highest BCUT2D eigenvalue weighted by atomic mass is 79.9. The third kappa shape index (κ3) is 2.49. The van der Waals surface area contributed by atoms with Gasteiger partial charge in [-0.2, -0.15) is 0 Å². The summed E-state index contributed by atoms with van der Waals surface area (Å²) in [6.07, 6.45) is 1.09. The minimum Gasteiger partial charge on any atom is -0.222 e. The molecule has 1 rings (SSSR count). The number of halogens is 2. The predicted molar refractivity (Wildman–Crippen MR) is 50.5 cm³/mol. The Balaban J connectivity index is 3.37. The van der Waals surface area contributed by atoms with Gasteiger partial charge in [-0.25, -0.2) is 18.4 Å². The Bertz CT molecular complexity index is 384. The summed E-state index contributed by atoms with van der Waals surface area (Å²) in [5.41, 5.74) is 0. The van der Waals surface area contributed by atoms with Gasteiger partial charge in [-0.1, -0.05) is 0 Å². The number of nitrogens with zero attached hydrogens (tertiary/aromatic N) is 2. The van der Waals surface area contributed by atoms with Crippen LogP contribution in [0.15, 0.2) is 20.4 Å². The lowest BCUT2D eigenvalue weighted by atomic mass is 10.7. The second kappa shape index (κ2) is 3.39. The number of rotatable bonds is 1. The maximum absolute atomic E-state index is 11.0. The van der Waals surface area contributed by atoms with Crippen molar-refractivity contribution in [1.29, 1.82) is 0 Å². The number of hydrogen-bond acceptors (Lipinski definition) is 4. The second-order valence-corrected chi connectivity index (χ2v) is 5.55. The van der Waals surface area contributed by atoms with Gasteiger partial charge in [0.05, 0.1) is 0 Å². The molecular formula is C5H4Br2N2O2S. The van der Waals surface area contributed by atoms with Gasteiger partial charge in [0, 0.05) is 12.3 Å². The van der Waals surface area contributed by atoms with Crippen LogP contribution in [0.3, 0.4) is 0 Å². The topological polar surface area (TPSA) is 59.9 Å². The molecule has 0 atom stereocenters. The summed E-state index contributed by atoms with van der Waals surface area (Å²) in [5, 5.41) is -0.00347. The molecule has 0 saturated heterocycles. The molecule has 0 saturated carbocycles. The van der Waals surface area contributed by atoms with E-state index in [1.54, 1.807) is 0 Å². The molecule has 0 fully saturated rings. The maximum atomic E-state index is 11.0. The molecule has 0 amide bonds. The molecule has 4 nitrogen and oxygen atoms in total. The Labute approximate surface area is 86.6 Å². The van der Waals surface area contributed by atoms with E-state index >= 15 is 0 Å². The van der Waals surface area contributed by atoms with E-state index in [2.05, 4.69) is 41.8 Å². The monoisotopic (exact) mass is 314 g/mol. The van der Waals surface area contributed by atoms with E-state index in [0.29, 0.717) is 4.60 Å². The molecule has 12 heavy (non-hydrogen) atoms. The molecular weight excluding hydrogens is 312 g/mol. The van der Waals surface area contributed by atoms with Gasteiger partial charge in [-0.05, 0) is 31.9 Å². The fourth-order valence-electron chi connectivity index (χ4n) is 0.560. The summed E-state index contributed by atoms with van der Waals surface area (Å²) < 4.78 is 22.7. The van der Waals surface area contributed by atoms with Crippen LogP contribution in [0.2, 0.25) is 0 Å². The highest BCUT2D eigenvalue weighted by Gasteiger charge is 2.10. The number of sulfone groups is 1. The van der Waals surface area contributed by atoms with E-state index in [1.807, 2.05) is 0 Å². The van der Waals surface area contributed by atoms with Crippen LogP contribution < -0.4 is 0 Å². The van der Waals surface area contributed by atoms with Gasteiger partial charge in [0.1, 0.15) is 4.60 Å². The average molecular weight is 316 g/mol. The van der Waals surface area contributed by atoms with E-state index in [1.165, 1.54) is 6.07 Å². The zero-order valence-corrected chi connectivity index (χ0v) is 9.94. The maximum Gasteiger partial charge on any atom is 0.198 e. The van der Waals surface area contributed by atoms with Crippen LogP contribution in [-0.4, -0.2) is 24.6 Å². The average Bonchev–Trinajstić information content (AvgIpc) is 1.82. The standard InChI is InChI=1S/C5H4Br2N2O2S/c1-12(10,11)4-2-3(6)8-5(7)9-4/h2H,1H3. The van der Waals surface area contributed by atoms with Crippen molar-refractivity contribution < 1.29 is 8.42 Å². The molecule has 0 aliphatic carbocycles. The number of hydrogen-bond donors (Lipinski definition) is 0. The zero-order chi connectivity index (χ0) is 9.35. The smallest absolute Gasteiger partial charge is 0.198 e. The Hall–Kier alpha value is -0.0100. The van der Waals surface area contributed by atoms with E-state index < -0.39 is 9.84 Å². The summed E-state index contributed by atoms with van der Waals surface area (Å²) >= 11 is 6.05. The molecule has 0 spiro atoms. The minimum absolute atomic E-state index is 0.00347. The van der Waals surface area contributed by atoms with Crippen molar-refractivity contribution in [2.75, 3.05) is 6.26 Å². The molecule has 0 aromatic carbocycles. The molecule has 0 unspecified atom stereocenters. The molecule has 0 aliphatic rings. The molecule has 0 bridgehead atoms. The van der Waals surface area contributed by atoms with Crippen molar-refractivity contribution in [3.8, 4) is 0 Å². The molecule has 66 valence electrons. The predicted octanol–water partition coefficient (Wildman–Crippen LogP) is 1.41. The Morgan fingerprint density at radius 1 is 1.33 bits per heavy atom. The van der Waals surface area contributed by atoms with Gasteiger partial charge in [-0.3, -0.25) is 0 Å². The summed E-state index contributed by atoms with van der Waals surface area (Å²) in [6, 6.07) is 1.35. The van der Waals surface area contributed by atoms with Gasteiger partial charge in [0.2, 0.25) is 0 Å². The lowest BCUT2D eigenvalue weighted by Gasteiger charge is -1.97. The Kier molecular flexibility index (Phi) is 2.84. The lowest BCUT2D eigenvalue weighted by Crippen LogP contribution is -2.01. The molecule has 0 aliphatic heterocycles. The van der Waals surface area contributed by atoms with Crippen LogP contribution >= 0.6 is 31.9 Å². The van der Waals surface area contributed by atoms with E-state index in [9.17, 15) is 8.42 Å². The third-order valence-corrected chi connectivity index (χ3v) is 2.75. The summed E-state index contributed by atoms with van der Waals surface area (Å²) in [6.45, 7) is 0. The first-order valence-electron chi connectivity index (χ1n) is 2.80. The Morgan fingerprint density at radius 3 is 2.33 bits per heavy atom. The van der Waals surface area contributed by atoms with E-state index in [0.717, 1.165) is 6.26 Å². The van der Waals surface area contributed by atoms with Crippen molar-refractivity contribution in [1.82, 2.24) is 9.97 Å². The van der Waals surface area contributed by atoms with E-state index in [-0.39, 0.29) is 9.76 Å². The summed E-state index contributed by atoms with van der Waals surface area (Å²) in [5.74, 6) is 0. The SMILES string of the molecule is CS(=O)(=O)c1cc(Br)nc(Br)n1. The van der Waals surface area contributed by atoms with Crippen LogP contribution in [0.1, 0.15) is 0 Å². The quantitative estimate of drug-likeness (QED) is 0.580. The van der Waals surface area contributed by atoms with Crippen LogP contribution in [0.5, 0.6) is 0 Å². The van der Waals surface area contributed by atoms with Gasteiger partial charge >= 0.3 is 0 Å². The van der Waals surface area contributed by atoms with Crippen molar-refractivity contribution in [2.45, 2.75) is 5.03 Å². The lowest BCUT2D eigenvalue weighted by molar-refractivity contribution is 0.597. The molecule has 7 heteroatoms. The Morgan fingerprint density at radius 2 is 1.92 bits per heavy atom. The third-order valence-electron chi connectivity index (χ3n) is 1.02. The van der Waals surface area contributed by atoms with Crippen LogP contribution in [0, 0.1) is 0 Å². The first kappa shape index (κ1) is 10.1. The van der Waals surface area contributed by atoms with Crippen LogP contribution in [-0.2, 0) is 9.84 Å². The van der Waals surface area contributed by atoms with Crippen molar-refractivity contribution in [3.63, 3.8) is 0 Å². The van der Waals surface area contributed by atoms with Gasteiger partial charge in [0.15, 0.2) is 19.6 Å². The summed E-state index contributed by atoms with van der Waals surface area (Å²) in [4.78, 5) is 7.50. The molecule has 0 radical (unpaired) electrons. The van der Waals surface area contributed by atoms with Crippen LogP contribution in [0.4, 0.5) is 0 Å². The molecule has 0 N–H and O–H groups in total. The molecule has 1 aromatic heterocycles. The van der Waals surface area contributed by atoms with Gasteiger partial charge < -0.3 is 0 Å². The van der Waals surface area contributed by atoms with Gasteiger partial charge in [0.25, 0.3) is 0 Å². The normalized spacial score (nSPS) is 11.6. The molecule has 1 aromatic rings. The van der Waals surface area contributed by atoms with Crippen molar-refractivity contribution in [2.24, 2.45) is 0 Å². The van der Waals surface area contributed by atoms with Crippen LogP contribution in [0.25, 0.3) is 0 Å². The largest absolute Gasteiger partial charge is 0.222 e. The summed E-state index contributed by atoms with van der Waals surface area (Å²) in [7, 11) is -3.26. The first-order chi connectivity index (χ1) is 5.39. The van der Waals surface area contributed by atoms with Crippen molar-refractivity contribution >= 4 is 41.7 Å². The second-order valence-electron chi connectivity index (χ2n) is 2.07. The minimum atomic E-state index is -3.26.